The minimum atomic E-state index is -1.01. The van der Waals surface area contributed by atoms with Crippen molar-refractivity contribution in [1.29, 1.82) is 0 Å². The number of aliphatic hydroxyl groups is 1. The van der Waals surface area contributed by atoms with Crippen LogP contribution in [0.25, 0.3) is 0 Å². The molecule has 0 aromatic heterocycles. The number of fused-ring (bicyclic) bond motifs is 1. The fourth-order valence-electron chi connectivity index (χ4n) is 2.82. The molecule has 0 aromatic carbocycles. The predicted molar refractivity (Wildman–Crippen MR) is 92.9 cm³/mol. The molecule has 1 saturated heterocycles. The average Bonchev–Trinajstić information content (AvgIpc) is 3.17. The molecule has 2 unspecified atom stereocenters. The molecule has 3 rings (SSSR count). The molecule has 3 heterocycles. The number of aliphatic imine (C=N–C) groups is 1. The predicted octanol–water partition coefficient (Wildman–Crippen LogP) is -3.73. The summed E-state index contributed by atoms with van der Waals surface area (Å²) in [6.07, 6.45) is 4.75. The summed E-state index contributed by atoms with van der Waals surface area (Å²) >= 11 is -1.06. The Labute approximate surface area is 149 Å². The Hall–Kier alpha value is 0.470. The molecule has 128 valence electrons. The van der Waals surface area contributed by atoms with Crippen LogP contribution in [0.15, 0.2) is 14.3 Å². The second-order valence-corrected chi connectivity index (χ2v) is 14.2. The SMILES string of the molecule is CN1NC[I-]C(CCC[C@H]2[C@H]3C=NC(N)CNI32)=C1C(N)O. The van der Waals surface area contributed by atoms with Gasteiger partial charge in [0.15, 0.2) is 0 Å². The van der Waals surface area contributed by atoms with Gasteiger partial charge in [-0.15, -0.1) is 0 Å². The quantitative estimate of drug-likeness (QED) is 0.0815. The van der Waals surface area contributed by atoms with E-state index in [2.05, 4.69) is 20.2 Å². The number of hydrogen-bond acceptors (Lipinski definition) is 7. The topological polar surface area (TPSA) is 112 Å². The summed E-state index contributed by atoms with van der Waals surface area (Å²) in [5.74, 6) is 0. The van der Waals surface area contributed by atoms with Crippen molar-refractivity contribution in [2.45, 2.75) is 39.5 Å². The van der Waals surface area contributed by atoms with E-state index in [0.717, 1.165) is 31.1 Å². The molecule has 9 heteroatoms. The first kappa shape index (κ1) is 17.3. The second-order valence-electron chi connectivity index (χ2n) is 5.62. The maximum atomic E-state index is 9.79. The number of halogens is 2. The molecule has 0 aromatic rings. The van der Waals surface area contributed by atoms with Gasteiger partial charge in [0.2, 0.25) is 0 Å². The zero-order valence-electron chi connectivity index (χ0n) is 12.7. The third kappa shape index (κ3) is 3.92. The van der Waals surface area contributed by atoms with E-state index >= 15 is 0 Å². The number of likely N-dealkylation sites (N-methyl/N-ethyl adjacent to an activating group) is 1. The summed E-state index contributed by atoms with van der Waals surface area (Å²) in [5, 5.41) is 11.7. The molecule has 0 amide bonds. The Bertz CT molecular complexity index is 471. The monoisotopic (exact) mass is 535 g/mol. The molecule has 0 aliphatic carbocycles. The van der Waals surface area contributed by atoms with Crippen molar-refractivity contribution in [3.63, 3.8) is 0 Å². The Morgan fingerprint density at radius 1 is 1.64 bits per heavy atom. The molecule has 0 radical (unpaired) electrons. The number of hydrazine groups is 1. The molecule has 7 nitrogen and oxygen atoms in total. The van der Waals surface area contributed by atoms with Crippen LogP contribution >= 0.6 is 20.1 Å². The van der Waals surface area contributed by atoms with Crippen LogP contribution in [0.5, 0.6) is 0 Å². The molecule has 0 spiro atoms. The average molecular weight is 535 g/mol. The molecule has 3 aliphatic heterocycles. The van der Waals surface area contributed by atoms with Gasteiger partial charge in [0.1, 0.15) is 0 Å². The van der Waals surface area contributed by atoms with Crippen molar-refractivity contribution in [2.24, 2.45) is 16.5 Å². The van der Waals surface area contributed by atoms with Crippen LogP contribution in [-0.4, -0.2) is 54.7 Å². The van der Waals surface area contributed by atoms with E-state index in [4.69, 9.17) is 11.5 Å². The van der Waals surface area contributed by atoms with Crippen LogP contribution in [0.4, 0.5) is 0 Å². The van der Waals surface area contributed by atoms with E-state index in [1.54, 1.807) is 0 Å². The molecular formula is C13H25I2N6O-. The number of hydrogen-bond donors (Lipinski definition) is 5. The minimum absolute atomic E-state index is 0.0421. The third-order valence-corrected chi connectivity index (χ3v) is 13.1. The summed E-state index contributed by atoms with van der Waals surface area (Å²) in [6, 6.07) is 0. The van der Waals surface area contributed by atoms with Gasteiger partial charge in [0, 0.05) is 0 Å². The number of nitrogens with two attached hydrogens (primary N) is 2. The number of rotatable bonds is 5. The zero-order valence-corrected chi connectivity index (χ0v) is 17.0. The Balaban J connectivity index is 1.51. The van der Waals surface area contributed by atoms with Gasteiger partial charge in [-0.25, -0.2) is 0 Å². The summed E-state index contributed by atoms with van der Waals surface area (Å²) in [7, 11) is 1.94. The Morgan fingerprint density at radius 2 is 2.45 bits per heavy atom. The summed E-state index contributed by atoms with van der Waals surface area (Å²) in [5.41, 5.74) is 15.7. The van der Waals surface area contributed by atoms with E-state index in [9.17, 15) is 5.11 Å². The number of alkyl halides is 3. The summed E-state index contributed by atoms with van der Waals surface area (Å²) < 4.78 is 7.67. The molecule has 4 atom stereocenters. The first-order valence-corrected chi connectivity index (χ1v) is 13.7. The van der Waals surface area contributed by atoms with Crippen LogP contribution in [0.2, 0.25) is 0 Å². The Morgan fingerprint density at radius 3 is 3.23 bits per heavy atom. The van der Waals surface area contributed by atoms with Gasteiger partial charge >= 0.3 is 150 Å². The number of aliphatic hydroxyl groups excluding tert-OH is 1. The maximum absolute atomic E-state index is 9.79. The van der Waals surface area contributed by atoms with Gasteiger partial charge < -0.3 is 0 Å². The van der Waals surface area contributed by atoms with Gasteiger partial charge in [0.25, 0.3) is 0 Å². The number of nitrogens with one attached hydrogen (secondary N) is 2. The normalized spacial score (nSPS) is 34.8. The fraction of sp³-hybridized carbons (Fsp3) is 0.769. The van der Waals surface area contributed by atoms with Crippen LogP contribution in [0.3, 0.4) is 0 Å². The van der Waals surface area contributed by atoms with Crippen LogP contribution in [-0.2, 0) is 0 Å². The van der Waals surface area contributed by atoms with E-state index < -0.39 is 26.3 Å². The molecular weight excluding hydrogens is 510 g/mol. The van der Waals surface area contributed by atoms with E-state index in [-0.39, 0.29) is 27.4 Å². The standard InChI is InChI=1S/C13H25I2N6O/c1-21-12(13(17)22)8(14-7-20-21)3-2-4-9-10-5-18-11(16)6-19-15(9)10/h5,9-11,13,19-20,22H,2-4,6-7,16-17H2,1H3/q-1/t9-,10+,11?,13?/m0/s1. The molecule has 22 heavy (non-hydrogen) atoms. The van der Waals surface area contributed by atoms with Gasteiger partial charge in [0.05, 0.1) is 0 Å². The van der Waals surface area contributed by atoms with E-state index in [1.807, 2.05) is 12.1 Å². The first-order valence-electron chi connectivity index (χ1n) is 7.50. The summed E-state index contributed by atoms with van der Waals surface area (Å²) in [6.45, 7) is 0.852. The van der Waals surface area contributed by atoms with Gasteiger partial charge in [-0.3, -0.25) is 0 Å². The van der Waals surface area contributed by atoms with Crippen molar-refractivity contribution >= 4 is 26.3 Å². The molecule has 3 aliphatic rings. The molecule has 7 N–H and O–H groups in total. The van der Waals surface area contributed by atoms with Crippen molar-refractivity contribution in [3.8, 4) is 0 Å². The molecule has 1 fully saturated rings. The van der Waals surface area contributed by atoms with Gasteiger partial charge in [-0.1, -0.05) is 0 Å². The van der Waals surface area contributed by atoms with Crippen molar-refractivity contribution in [3.05, 3.63) is 9.28 Å². The van der Waals surface area contributed by atoms with Crippen molar-refractivity contribution in [2.75, 3.05) is 18.1 Å². The van der Waals surface area contributed by atoms with Crippen molar-refractivity contribution < 1.29 is 26.3 Å². The third-order valence-electron chi connectivity index (χ3n) is 4.03. The zero-order chi connectivity index (χ0) is 15.7. The molecule has 0 saturated carbocycles. The van der Waals surface area contributed by atoms with E-state index in [1.165, 1.54) is 16.4 Å². The summed E-state index contributed by atoms with van der Waals surface area (Å²) in [4.78, 5) is 4.40. The molecule has 0 bridgehead atoms. The van der Waals surface area contributed by atoms with Crippen LogP contribution < -0.4 is 41.6 Å². The van der Waals surface area contributed by atoms with Crippen LogP contribution in [0.1, 0.15) is 19.3 Å². The number of nitrogens with zero attached hydrogens (tertiary/aromatic N) is 2. The van der Waals surface area contributed by atoms with Crippen molar-refractivity contribution in [1.82, 2.24) is 14.0 Å². The van der Waals surface area contributed by atoms with Gasteiger partial charge in [-0.05, 0) is 0 Å². The second kappa shape index (κ2) is 7.57. The van der Waals surface area contributed by atoms with Gasteiger partial charge in [-0.2, -0.15) is 0 Å². The Kier molecular flexibility index (Phi) is 5.95. The van der Waals surface area contributed by atoms with E-state index in [0.29, 0.717) is 0 Å². The fourth-order valence-corrected chi connectivity index (χ4v) is 12.4. The number of allylic oxidation sites excluding steroid dienone is 1. The first-order chi connectivity index (χ1) is 10.6. The van der Waals surface area contributed by atoms with Crippen LogP contribution in [0, 0.1) is 0 Å².